The zero-order chi connectivity index (χ0) is 15.0. The summed E-state index contributed by atoms with van der Waals surface area (Å²) in [6.07, 6.45) is 1.15. The van der Waals surface area contributed by atoms with Gasteiger partial charge in [0.1, 0.15) is 0 Å². The molecule has 1 unspecified atom stereocenters. The minimum atomic E-state index is -0.342. The quantitative estimate of drug-likeness (QED) is 0.596. The summed E-state index contributed by atoms with van der Waals surface area (Å²) < 4.78 is 0. The topological polar surface area (TPSA) is 96.2 Å². The van der Waals surface area contributed by atoms with Gasteiger partial charge in [-0.15, -0.1) is 0 Å². The zero-order valence-corrected chi connectivity index (χ0v) is 11.9. The highest BCUT2D eigenvalue weighted by Crippen LogP contribution is 2.09. The lowest BCUT2D eigenvalue weighted by atomic mass is 10.2. The molecule has 3 amide bonds. The van der Waals surface area contributed by atoms with Gasteiger partial charge in [0.05, 0.1) is 0 Å². The second kappa shape index (κ2) is 8.04. The van der Waals surface area contributed by atoms with Gasteiger partial charge in [-0.2, -0.15) is 0 Å². The second-order valence-electron chi connectivity index (χ2n) is 4.63. The van der Waals surface area contributed by atoms with Crippen molar-refractivity contribution in [3.05, 3.63) is 24.3 Å². The van der Waals surface area contributed by atoms with Gasteiger partial charge in [0, 0.05) is 30.4 Å². The highest BCUT2D eigenvalue weighted by Gasteiger charge is 2.06. The number of hydrogen-bond donors (Lipinski definition) is 4. The summed E-state index contributed by atoms with van der Waals surface area (Å²) in [5.74, 6) is -0.0628. The Morgan fingerprint density at radius 2 is 1.90 bits per heavy atom. The summed E-state index contributed by atoms with van der Waals surface area (Å²) in [4.78, 5) is 23.1. The lowest BCUT2D eigenvalue weighted by Gasteiger charge is -2.12. The lowest BCUT2D eigenvalue weighted by Crippen LogP contribution is -2.36. The Morgan fingerprint density at radius 3 is 2.50 bits per heavy atom. The Balaban J connectivity index is 2.23. The molecular weight excluding hydrogens is 256 g/mol. The number of amides is 3. The Kier molecular flexibility index (Phi) is 6.36. The highest BCUT2D eigenvalue weighted by molar-refractivity contribution is 5.89. The Hall–Kier alpha value is -2.24. The Bertz CT molecular complexity index is 445. The van der Waals surface area contributed by atoms with Gasteiger partial charge < -0.3 is 21.7 Å². The van der Waals surface area contributed by atoms with Crippen LogP contribution >= 0.6 is 0 Å². The van der Waals surface area contributed by atoms with Crippen molar-refractivity contribution in [3.63, 3.8) is 0 Å². The molecule has 0 aromatic heterocycles. The number of carbonyl (C=O) groups is 2. The van der Waals surface area contributed by atoms with Crippen LogP contribution in [0.3, 0.4) is 0 Å². The van der Waals surface area contributed by atoms with Crippen LogP contribution in [-0.4, -0.2) is 24.5 Å². The number of urea groups is 1. The van der Waals surface area contributed by atoms with E-state index in [0.29, 0.717) is 17.9 Å². The molecule has 1 aromatic carbocycles. The lowest BCUT2D eigenvalue weighted by molar-refractivity contribution is -0.121. The van der Waals surface area contributed by atoms with E-state index in [2.05, 4.69) is 16.0 Å². The second-order valence-corrected chi connectivity index (χ2v) is 4.63. The van der Waals surface area contributed by atoms with Crippen LogP contribution in [0.2, 0.25) is 0 Å². The molecule has 0 bridgehead atoms. The first-order valence-electron chi connectivity index (χ1n) is 6.71. The predicted octanol–water partition coefficient (Wildman–Crippen LogP) is 1.70. The van der Waals surface area contributed by atoms with E-state index in [9.17, 15) is 9.59 Å². The van der Waals surface area contributed by atoms with E-state index in [1.54, 1.807) is 24.3 Å². The molecule has 0 radical (unpaired) electrons. The first-order chi connectivity index (χ1) is 9.51. The molecule has 0 aliphatic carbocycles. The van der Waals surface area contributed by atoms with Gasteiger partial charge in [0.15, 0.2) is 0 Å². The SMILES string of the molecule is CCC(C)NC(=O)CCNC(=O)Nc1ccc(N)cc1. The first-order valence-corrected chi connectivity index (χ1v) is 6.71. The van der Waals surface area contributed by atoms with Gasteiger partial charge in [-0.05, 0) is 37.6 Å². The maximum absolute atomic E-state index is 11.6. The van der Waals surface area contributed by atoms with Gasteiger partial charge in [0.2, 0.25) is 5.91 Å². The number of hydrogen-bond acceptors (Lipinski definition) is 3. The molecule has 0 aliphatic rings. The van der Waals surface area contributed by atoms with Crippen molar-refractivity contribution in [2.75, 3.05) is 17.6 Å². The molecule has 5 N–H and O–H groups in total. The summed E-state index contributed by atoms with van der Waals surface area (Å²) in [5, 5.41) is 8.12. The zero-order valence-electron chi connectivity index (χ0n) is 11.9. The van der Waals surface area contributed by atoms with Crippen LogP contribution in [-0.2, 0) is 4.79 Å². The Morgan fingerprint density at radius 1 is 1.25 bits per heavy atom. The van der Waals surface area contributed by atoms with Gasteiger partial charge in [-0.3, -0.25) is 4.79 Å². The van der Waals surface area contributed by atoms with E-state index in [4.69, 9.17) is 5.73 Å². The number of nitrogens with two attached hydrogens (primary N) is 1. The van der Waals surface area contributed by atoms with Gasteiger partial charge in [0.25, 0.3) is 0 Å². The third-order valence-corrected chi connectivity index (χ3v) is 2.83. The molecule has 6 heteroatoms. The van der Waals surface area contributed by atoms with Crippen LogP contribution in [0.15, 0.2) is 24.3 Å². The van der Waals surface area contributed by atoms with Gasteiger partial charge in [-0.25, -0.2) is 4.79 Å². The maximum atomic E-state index is 11.6. The molecule has 6 nitrogen and oxygen atoms in total. The van der Waals surface area contributed by atoms with E-state index in [0.717, 1.165) is 6.42 Å². The van der Waals surface area contributed by atoms with E-state index < -0.39 is 0 Å². The fourth-order valence-corrected chi connectivity index (χ4v) is 1.48. The third-order valence-electron chi connectivity index (χ3n) is 2.83. The van der Waals surface area contributed by atoms with E-state index in [1.807, 2.05) is 13.8 Å². The molecular formula is C14H22N4O2. The molecule has 0 fully saturated rings. The highest BCUT2D eigenvalue weighted by atomic mass is 16.2. The van der Waals surface area contributed by atoms with Crippen LogP contribution in [0, 0.1) is 0 Å². The largest absolute Gasteiger partial charge is 0.399 e. The molecule has 110 valence electrons. The van der Waals surface area contributed by atoms with Crippen LogP contribution in [0.25, 0.3) is 0 Å². The fraction of sp³-hybridized carbons (Fsp3) is 0.429. The molecule has 0 saturated carbocycles. The van der Waals surface area contributed by atoms with Crippen molar-refractivity contribution in [3.8, 4) is 0 Å². The number of rotatable bonds is 6. The minimum absolute atomic E-state index is 0.0628. The predicted molar refractivity (Wildman–Crippen MR) is 80.4 cm³/mol. The van der Waals surface area contributed by atoms with E-state index in [1.165, 1.54) is 0 Å². The molecule has 1 atom stereocenters. The standard InChI is InChI=1S/C14H22N4O2/c1-3-10(2)17-13(19)8-9-16-14(20)18-12-6-4-11(15)5-7-12/h4-7,10H,3,8-9,15H2,1-2H3,(H,17,19)(H2,16,18,20). The number of nitrogen functional groups attached to an aromatic ring is 1. The summed E-state index contributed by atoms with van der Waals surface area (Å²) in [5.41, 5.74) is 6.84. The molecule has 0 aliphatic heterocycles. The van der Waals surface area contributed by atoms with E-state index >= 15 is 0 Å². The van der Waals surface area contributed by atoms with Crippen LogP contribution in [0.5, 0.6) is 0 Å². The summed E-state index contributed by atoms with van der Waals surface area (Å²) in [6.45, 7) is 4.24. The Labute approximate surface area is 119 Å². The normalized spacial score (nSPS) is 11.5. The molecule has 1 rings (SSSR count). The monoisotopic (exact) mass is 278 g/mol. The van der Waals surface area contributed by atoms with Crippen molar-refractivity contribution in [1.29, 1.82) is 0 Å². The van der Waals surface area contributed by atoms with Gasteiger partial charge >= 0.3 is 6.03 Å². The average molecular weight is 278 g/mol. The van der Waals surface area contributed by atoms with Crippen LogP contribution < -0.4 is 21.7 Å². The van der Waals surface area contributed by atoms with Gasteiger partial charge in [-0.1, -0.05) is 6.92 Å². The van der Waals surface area contributed by atoms with Crippen molar-refractivity contribution in [2.45, 2.75) is 32.7 Å². The van der Waals surface area contributed by atoms with E-state index in [-0.39, 0.29) is 24.4 Å². The molecule has 20 heavy (non-hydrogen) atoms. The summed E-state index contributed by atoms with van der Waals surface area (Å²) in [6, 6.07) is 6.65. The maximum Gasteiger partial charge on any atom is 0.319 e. The summed E-state index contributed by atoms with van der Waals surface area (Å²) >= 11 is 0. The third kappa shape index (κ3) is 6.08. The fourth-order valence-electron chi connectivity index (χ4n) is 1.48. The molecule has 1 aromatic rings. The van der Waals surface area contributed by atoms with Crippen molar-refractivity contribution < 1.29 is 9.59 Å². The molecule has 0 saturated heterocycles. The van der Waals surface area contributed by atoms with Crippen molar-refractivity contribution >= 4 is 23.3 Å². The summed E-state index contributed by atoms with van der Waals surface area (Å²) in [7, 11) is 0. The number of nitrogens with one attached hydrogen (secondary N) is 3. The van der Waals surface area contributed by atoms with Crippen LogP contribution in [0.1, 0.15) is 26.7 Å². The van der Waals surface area contributed by atoms with Crippen molar-refractivity contribution in [2.24, 2.45) is 0 Å². The number of carbonyl (C=O) groups excluding carboxylic acids is 2. The smallest absolute Gasteiger partial charge is 0.319 e. The number of anilines is 2. The van der Waals surface area contributed by atoms with Crippen molar-refractivity contribution in [1.82, 2.24) is 10.6 Å². The molecule has 0 heterocycles. The van der Waals surface area contributed by atoms with Crippen LogP contribution in [0.4, 0.5) is 16.2 Å². The number of benzene rings is 1. The average Bonchev–Trinajstić information content (AvgIpc) is 2.41. The minimum Gasteiger partial charge on any atom is -0.399 e. The first kappa shape index (κ1) is 15.8. The molecule has 0 spiro atoms.